The number of hydrogen-bond donors (Lipinski definition) is 2. The summed E-state index contributed by atoms with van der Waals surface area (Å²) in [6.07, 6.45) is 2.39. The highest BCUT2D eigenvalue weighted by atomic mass is 19.1. The number of rotatable bonds is 3. The van der Waals surface area contributed by atoms with Crippen LogP contribution in [0.25, 0.3) is 0 Å². The Balaban J connectivity index is 2.27. The molecule has 2 aromatic rings. The maximum absolute atomic E-state index is 13.1. The lowest BCUT2D eigenvalue weighted by molar-refractivity contribution is 0.102. The number of nitrogen functional groups attached to an aromatic ring is 1. The van der Waals surface area contributed by atoms with Gasteiger partial charge in [-0.2, -0.15) is 5.10 Å². The zero-order valence-corrected chi connectivity index (χ0v) is 10.8. The molecule has 0 bridgehead atoms. The van der Waals surface area contributed by atoms with Gasteiger partial charge in [0.2, 0.25) is 0 Å². The minimum absolute atomic E-state index is 0.117. The maximum atomic E-state index is 13.1. The number of hydrogen-bond acceptors (Lipinski definition) is 3. The van der Waals surface area contributed by atoms with Crippen molar-refractivity contribution in [3.8, 4) is 0 Å². The normalized spacial score (nSPS) is 10.5. The summed E-state index contributed by atoms with van der Waals surface area (Å²) >= 11 is 0. The fourth-order valence-corrected chi connectivity index (χ4v) is 1.81. The van der Waals surface area contributed by atoms with E-state index in [1.54, 1.807) is 17.9 Å². The summed E-state index contributed by atoms with van der Waals surface area (Å²) in [5.74, 6) is -0.944. The first-order valence-corrected chi connectivity index (χ1v) is 5.90. The van der Waals surface area contributed by atoms with Crippen molar-refractivity contribution in [2.45, 2.75) is 13.3 Å². The molecule has 19 heavy (non-hydrogen) atoms. The molecule has 1 aromatic heterocycles. The van der Waals surface area contributed by atoms with Crippen LogP contribution in [0, 0.1) is 5.82 Å². The number of nitrogens with zero attached hydrogens (tertiary/aromatic N) is 2. The van der Waals surface area contributed by atoms with E-state index in [9.17, 15) is 9.18 Å². The highest BCUT2D eigenvalue weighted by molar-refractivity contribution is 6.07. The van der Waals surface area contributed by atoms with Crippen molar-refractivity contribution >= 4 is 17.3 Å². The summed E-state index contributed by atoms with van der Waals surface area (Å²) in [4.78, 5) is 12.1. The molecule has 0 radical (unpaired) electrons. The van der Waals surface area contributed by atoms with Crippen LogP contribution in [-0.4, -0.2) is 15.7 Å². The predicted octanol–water partition coefficient (Wildman–Crippen LogP) is 1.96. The first-order chi connectivity index (χ1) is 9.01. The van der Waals surface area contributed by atoms with E-state index >= 15 is 0 Å². The Kier molecular flexibility index (Phi) is 3.50. The van der Waals surface area contributed by atoms with E-state index in [0.717, 1.165) is 11.8 Å². The lowest BCUT2D eigenvalue weighted by Crippen LogP contribution is -2.15. The number of benzene rings is 1. The molecule has 0 fully saturated rings. The van der Waals surface area contributed by atoms with Crippen LogP contribution in [0.5, 0.6) is 0 Å². The molecule has 0 aliphatic rings. The SMILES string of the molecule is CCc1nn(C)cc1NC(=O)c1cc(F)ccc1N. The Morgan fingerprint density at radius 3 is 2.95 bits per heavy atom. The van der Waals surface area contributed by atoms with Crippen LogP contribution in [0.1, 0.15) is 23.0 Å². The van der Waals surface area contributed by atoms with Crippen molar-refractivity contribution in [2.75, 3.05) is 11.1 Å². The van der Waals surface area contributed by atoms with Crippen molar-refractivity contribution < 1.29 is 9.18 Å². The van der Waals surface area contributed by atoms with Crippen molar-refractivity contribution in [1.82, 2.24) is 9.78 Å². The first kappa shape index (κ1) is 13.1. The number of anilines is 2. The van der Waals surface area contributed by atoms with Gasteiger partial charge in [0.15, 0.2) is 0 Å². The Bertz CT molecular complexity index is 621. The summed E-state index contributed by atoms with van der Waals surface area (Å²) in [5.41, 5.74) is 7.40. The van der Waals surface area contributed by atoms with Gasteiger partial charge < -0.3 is 11.1 Å². The Labute approximate surface area is 110 Å². The second kappa shape index (κ2) is 5.09. The van der Waals surface area contributed by atoms with Gasteiger partial charge in [-0.25, -0.2) is 4.39 Å². The van der Waals surface area contributed by atoms with Gasteiger partial charge in [0.25, 0.3) is 5.91 Å². The molecule has 0 saturated carbocycles. The minimum Gasteiger partial charge on any atom is -0.398 e. The van der Waals surface area contributed by atoms with Crippen LogP contribution in [-0.2, 0) is 13.5 Å². The van der Waals surface area contributed by atoms with Gasteiger partial charge in [0.1, 0.15) is 5.82 Å². The van der Waals surface area contributed by atoms with E-state index in [1.807, 2.05) is 6.92 Å². The van der Waals surface area contributed by atoms with Gasteiger partial charge in [-0.1, -0.05) is 6.92 Å². The van der Waals surface area contributed by atoms with E-state index in [1.165, 1.54) is 12.1 Å². The number of halogens is 1. The molecule has 1 aromatic carbocycles. The number of nitrogens with two attached hydrogens (primary N) is 1. The largest absolute Gasteiger partial charge is 0.398 e. The molecule has 1 heterocycles. The zero-order chi connectivity index (χ0) is 14.0. The number of nitrogens with one attached hydrogen (secondary N) is 1. The molecule has 6 heteroatoms. The van der Waals surface area contributed by atoms with E-state index in [4.69, 9.17) is 5.73 Å². The number of carbonyl (C=O) groups is 1. The monoisotopic (exact) mass is 262 g/mol. The number of aromatic nitrogens is 2. The Hall–Kier alpha value is -2.37. The number of carbonyl (C=O) groups excluding carboxylic acids is 1. The molecule has 0 spiro atoms. The van der Waals surface area contributed by atoms with Gasteiger partial charge in [-0.15, -0.1) is 0 Å². The average Bonchev–Trinajstić information content (AvgIpc) is 2.72. The fourth-order valence-electron chi connectivity index (χ4n) is 1.81. The summed E-state index contributed by atoms with van der Waals surface area (Å²) in [5, 5.41) is 6.91. The van der Waals surface area contributed by atoms with Gasteiger partial charge >= 0.3 is 0 Å². The predicted molar refractivity (Wildman–Crippen MR) is 71.4 cm³/mol. The highest BCUT2D eigenvalue weighted by Crippen LogP contribution is 2.18. The molecule has 100 valence electrons. The van der Waals surface area contributed by atoms with Crippen LogP contribution in [0.3, 0.4) is 0 Å². The molecule has 0 aliphatic heterocycles. The van der Waals surface area contributed by atoms with Gasteiger partial charge in [-0.3, -0.25) is 9.48 Å². The maximum Gasteiger partial charge on any atom is 0.257 e. The third-order valence-corrected chi connectivity index (χ3v) is 2.75. The average molecular weight is 262 g/mol. The highest BCUT2D eigenvalue weighted by Gasteiger charge is 2.14. The quantitative estimate of drug-likeness (QED) is 0.830. The zero-order valence-electron chi connectivity index (χ0n) is 10.8. The number of aryl methyl sites for hydroxylation is 2. The van der Waals surface area contributed by atoms with Crippen molar-refractivity contribution in [1.29, 1.82) is 0 Å². The van der Waals surface area contributed by atoms with Crippen molar-refractivity contribution in [3.05, 3.63) is 41.5 Å². The Morgan fingerprint density at radius 1 is 1.53 bits per heavy atom. The lowest BCUT2D eigenvalue weighted by Gasteiger charge is -2.07. The van der Waals surface area contributed by atoms with Gasteiger partial charge in [-0.05, 0) is 24.6 Å². The molecule has 5 nitrogen and oxygen atoms in total. The van der Waals surface area contributed by atoms with Crippen molar-refractivity contribution in [2.24, 2.45) is 7.05 Å². The fraction of sp³-hybridized carbons (Fsp3) is 0.231. The third kappa shape index (κ3) is 2.73. The molecule has 2 rings (SSSR count). The van der Waals surface area contributed by atoms with Crippen LogP contribution in [0.15, 0.2) is 24.4 Å². The smallest absolute Gasteiger partial charge is 0.257 e. The second-order valence-electron chi connectivity index (χ2n) is 4.20. The van der Waals surface area contributed by atoms with Crippen LogP contribution in [0.2, 0.25) is 0 Å². The minimum atomic E-state index is -0.499. The summed E-state index contributed by atoms with van der Waals surface area (Å²) in [6.45, 7) is 1.94. The van der Waals surface area contributed by atoms with Crippen LogP contribution in [0.4, 0.5) is 15.8 Å². The summed E-state index contributed by atoms with van der Waals surface area (Å²) < 4.78 is 14.8. The number of amides is 1. The molecule has 3 N–H and O–H groups in total. The Morgan fingerprint density at radius 2 is 2.26 bits per heavy atom. The molecule has 0 saturated heterocycles. The van der Waals surface area contributed by atoms with Gasteiger partial charge in [0, 0.05) is 18.9 Å². The summed E-state index contributed by atoms with van der Waals surface area (Å²) in [6, 6.07) is 3.70. The van der Waals surface area contributed by atoms with Crippen LogP contribution >= 0.6 is 0 Å². The van der Waals surface area contributed by atoms with Gasteiger partial charge in [0.05, 0.1) is 16.9 Å². The molecule has 0 unspecified atom stereocenters. The molecule has 0 aliphatic carbocycles. The molecule has 0 atom stereocenters. The van der Waals surface area contributed by atoms with E-state index in [2.05, 4.69) is 10.4 Å². The summed E-state index contributed by atoms with van der Waals surface area (Å²) in [7, 11) is 1.77. The lowest BCUT2D eigenvalue weighted by atomic mass is 10.1. The topological polar surface area (TPSA) is 72.9 Å². The molecular formula is C13H15FN4O. The van der Waals surface area contributed by atoms with Crippen LogP contribution < -0.4 is 11.1 Å². The van der Waals surface area contributed by atoms with E-state index < -0.39 is 11.7 Å². The molecule has 1 amide bonds. The molecular weight excluding hydrogens is 247 g/mol. The van der Waals surface area contributed by atoms with E-state index in [-0.39, 0.29) is 11.3 Å². The standard InChI is InChI=1S/C13H15FN4O/c1-3-11-12(7-18(2)17-11)16-13(19)9-6-8(14)4-5-10(9)15/h4-7H,3,15H2,1-2H3,(H,16,19). The first-order valence-electron chi connectivity index (χ1n) is 5.90. The van der Waals surface area contributed by atoms with E-state index in [0.29, 0.717) is 12.1 Å². The van der Waals surface area contributed by atoms with Crippen molar-refractivity contribution in [3.63, 3.8) is 0 Å². The third-order valence-electron chi connectivity index (χ3n) is 2.75. The second-order valence-corrected chi connectivity index (χ2v) is 4.20.